The summed E-state index contributed by atoms with van der Waals surface area (Å²) in [6, 6.07) is 1.59. The molecule has 0 atom stereocenters. The first-order valence-corrected chi connectivity index (χ1v) is 4.13. The summed E-state index contributed by atoms with van der Waals surface area (Å²) >= 11 is 0. The van der Waals surface area contributed by atoms with Crippen molar-refractivity contribution in [2.75, 3.05) is 0 Å². The minimum absolute atomic E-state index is 0.101. The second-order valence-corrected chi connectivity index (χ2v) is 2.80. The molecule has 0 aromatic carbocycles. The number of nitrogens with zero attached hydrogens (tertiary/aromatic N) is 1. The van der Waals surface area contributed by atoms with Crippen molar-refractivity contribution in [2.45, 2.75) is 12.6 Å². The van der Waals surface area contributed by atoms with Crippen LogP contribution in [0, 0.1) is 11.8 Å². The highest BCUT2D eigenvalue weighted by Gasteiger charge is 2.30. The molecule has 1 aromatic rings. The average molecular weight is 229 g/mol. The van der Waals surface area contributed by atoms with Gasteiger partial charge in [0.1, 0.15) is 12.1 Å². The third-order valence-corrected chi connectivity index (χ3v) is 1.54. The molecule has 16 heavy (non-hydrogen) atoms. The van der Waals surface area contributed by atoms with Crippen LogP contribution in [0.15, 0.2) is 18.3 Å². The summed E-state index contributed by atoms with van der Waals surface area (Å²) in [7, 11) is 0. The second-order valence-electron chi connectivity index (χ2n) is 2.80. The number of aliphatic carboxylic acids is 1. The Morgan fingerprint density at radius 2 is 2.19 bits per heavy atom. The Balaban J connectivity index is 2.90. The van der Waals surface area contributed by atoms with Gasteiger partial charge in [-0.05, 0) is 18.1 Å². The quantitative estimate of drug-likeness (QED) is 0.748. The summed E-state index contributed by atoms with van der Waals surface area (Å²) in [6.07, 6.45) is -3.91. The van der Waals surface area contributed by atoms with Gasteiger partial charge in [0.25, 0.3) is 0 Å². The molecular formula is C10H6F3NO2. The van der Waals surface area contributed by atoms with E-state index in [0.717, 1.165) is 18.3 Å². The number of hydrogen-bond acceptors (Lipinski definition) is 2. The Morgan fingerprint density at radius 1 is 1.50 bits per heavy atom. The molecule has 3 nitrogen and oxygen atoms in total. The highest BCUT2D eigenvalue weighted by atomic mass is 19.4. The SMILES string of the molecule is O=C(O)CC#Cc1cc(C(F)(F)F)ccn1. The maximum atomic E-state index is 12.2. The Bertz CT molecular complexity index is 457. The molecule has 0 fully saturated rings. The van der Waals surface area contributed by atoms with Crippen molar-refractivity contribution in [3.05, 3.63) is 29.6 Å². The number of rotatable bonds is 1. The first-order valence-electron chi connectivity index (χ1n) is 4.13. The molecule has 0 aliphatic rings. The molecule has 0 saturated heterocycles. The van der Waals surface area contributed by atoms with Crippen LogP contribution in [0.3, 0.4) is 0 Å². The number of alkyl halides is 3. The maximum Gasteiger partial charge on any atom is 0.416 e. The van der Waals surface area contributed by atoms with E-state index in [-0.39, 0.29) is 5.69 Å². The third kappa shape index (κ3) is 3.61. The van der Waals surface area contributed by atoms with Gasteiger partial charge in [-0.15, -0.1) is 0 Å². The molecule has 1 aromatic heterocycles. The van der Waals surface area contributed by atoms with E-state index in [1.807, 2.05) is 0 Å². The monoisotopic (exact) mass is 229 g/mol. The van der Waals surface area contributed by atoms with Crippen LogP contribution in [-0.2, 0) is 11.0 Å². The van der Waals surface area contributed by atoms with Gasteiger partial charge in [-0.3, -0.25) is 4.79 Å². The van der Waals surface area contributed by atoms with E-state index in [1.54, 1.807) is 0 Å². The van der Waals surface area contributed by atoms with Crippen LogP contribution in [0.4, 0.5) is 13.2 Å². The van der Waals surface area contributed by atoms with Gasteiger partial charge in [0.05, 0.1) is 5.56 Å². The van der Waals surface area contributed by atoms with Gasteiger partial charge in [-0.1, -0.05) is 5.92 Å². The Hall–Kier alpha value is -2.03. The summed E-state index contributed by atoms with van der Waals surface area (Å²) in [5.74, 6) is 3.31. The van der Waals surface area contributed by atoms with Gasteiger partial charge < -0.3 is 5.11 Å². The van der Waals surface area contributed by atoms with E-state index in [4.69, 9.17) is 5.11 Å². The van der Waals surface area contributed by atoms with Crippen LogP contribution in [0.1, 0.15) is 17.7 Å². The lowest BCUT2D eigenvalue weighted by molar-refractivity contribution is -0.138. The molecule has 0 saturated carbocycles. The fourth-order valence-electron chi connectivity index (χ4n) is 0.886. The van der Waals surface area contributed by atoms with Gasteiger partial charge in [-0.2, -0.15) is 13.2 Å². The largest absolute Gasteiger partial charge is 0.481 e. The number of aromatic nitrogens is 1. The van der Waals surface area contributed by atoms with Crippen molar-refractivity contribution >= 4 is 5.97 Å². The lowest BCUT2D eigenvalue weighted by atomic mass is 10.2. The maximum absolute atomic E-state index is 12.2. The summed E-state index contributed by atoms with van der Waals surface area (Å²) < 4.78 is 36.7. The van der Waals surface area contributed by atoms with E-state index >= 15 is 0 Å². The molecule has 0 spiro atoms. The summed E-state index contributed by atoms with van der Waals surface area (Å²) in [4.78, 5) is 13.7. The normalized spacial score (nSPS) is 10.4. The molecule has 0 bridgehead atoms. The van der Waals surface area contributed by atoms with Crippen molar-refractivity contribution in [1.29, 1.82) is 0 Å². The number of carboxylic acids is 1. The highest BCUT2D eigenvalue weighted by molar-refractivity contribution is 5.70. The van der Waals surface area contributed by atoms with Crippen LogP contribution in [0.5, 0.6) is 0 Å². The fraction of sp³-hybridized carbons (Fsp3) is 0.200. The standard InChI is InChI=1S/C10H6F3NO2/c11-10(12,13)7-4-5-14-8(6-7)2-1-3-9(15)16/h4-6H,3H2,(H,15,16). The van der Waals surface area contributed by atoms with Crippen molar-refractivity contribution in [1.82, 2.24) is 4.98 Å². The van der Waals surface area contributed by atoms with Gasteiger partial charge in [0.15, 0.2) is 0 Å². The van der Waals surface area contributed by atoms with E-state index in [9.17, 15) is 18.0 Å². The molecule has 84 valence electrons. The van der Waals surface area contributed by atoms with Crippen LogP contribution in [0.25, 0.3) is 0 Å². The molecule has 1 rings (SSSR count). The summed E-state index contributed by atoms with van der Waals surface area (Å²) in [5, 5.41) is 8.27. The fourth-order valence-corrected chi connectivity index (χ4v) is 0.886. The predicted octanol–water partition coefficient (Wildman–Crippen LogP) is 1.93. The minimum atomic E-state index is -4.45. The van der Waals surface area contributed by atoms with E-state index < -0.39 is 24.1 Å². The molecule has 1 N–H and O–H groups in total. The summed E-state index contributed by atoms with van der Waals surface area (Å²) in [6.45, 7) is 0. The van der Waals surface area contributed by atoms with Gasteiger partial charge in [0, 0.05) is 6.20 Å². The predicted molar refractivity (Wildman–Crippen MR) is 48.4 cm³/mol. The van der Waals surface area contributed by atoms with Crippen LogP contribution < -0.4 is 0 Å². The van der Waals surface area contributed by atoms with Crippen molar-refractivity contribution in [2.24, 2.45) is 0 Å². The molecule has 0 unspecified atom stereocenters. The van der Waals surface area contributed by atoms with Crippen molar-refractivity contribution in [3.63, 3.8) is 0 Å². The van der Waals surface area contributed by atoms with Gasteiger partial charge in [0.2, 0.25) is 0 Å². The molecular weight excluding hydrogens is 223 g/mol. The minimum Gasteiger partial charge on any atom is -0.481 e. The Labute approximate surface area is 88.9 Å². The smallest absolute Gasteiger partial charge is 0.416 e. The average Bonchev–Trinajstić information content (AvgIpc) is 2.16. The lowest BCUT2D eigenvalue weighted by Crippen LogP contribution is -2.05. The highest BCUT2D eigenvalue weighted by Crippen LogP contribution is 2.28. The van der Waals surface area contributed by atoms with Crippen LogP contribution >= 0.6 is 0 Å². The Kier molecular flexibility index (Phi) is 3.51. The molecule has 0 radical (unpaired) electrons. The summed E-state index contributed by atoms with van der Waals surface area (Å²) in [5.41, 5.74) is -0.960. The van der Waals surface area contributed by atoms with Gasteiger partial charge >= 0.3 is 12.1 Å². The van der Waals surface area contributed by atoms with Crippen LogP contribution in [-0.4, -0.2) is 16.1 Å². The first kappa shape index (κ1) is 12.0. The first-order chi connectivity index (χ1) is 7.39. The van der Waals surface area contributed by atoms with Crippen LogP contribution in [0.2, 0.25) is 0 Å². The molecule has 0 aliphatic carbocycles. The molecule has 0 aliphatic heterocycles. The topological polar surface area (TPSA) is 50.2 Å². The zero-order valence-electron chi connectivity index (χ0n) is 7.88. The van der Waals surface area contributed by atoms with Crippen molar-refractivity contribution in [3.8, 4) is 11.8 Å². The third-order valence-electron chi connectivity index (χ3n) is 1.54. The second kappa shape index (κ2) is 4.66. The molecule has 0 amide bonds. The number of carboxylic acid groups (broad SMARTS) is 1. The number of halogens is 3. The van der Waals surface area contributed by atoms with E-state index in [2.05, 4.69) is 16.8 Å². The Morgan fingerprint density at radius 3 is 2.75 bits per heavy atom. The lowest BCUT2D eigenvalue weighted by Gasteiger charge is -2.05. The van der Waals surface area contributed by atoms with E-state index in [0.29, 0.717) is 0 Å². The van der Waals surface area contributed by atoms with E-state index in [1.165, 1.54) is 0 Å². The van der Waals surface area contributed by atoms with Gasteiger partial charge in [-0.25, -0.2) is 4.98 Å². The van der Waals surface area contributed by atoms with Crippen molar-refractivity contribution < 1.29 is 23.1 Å². The zero-order chi connectivity index (χ0) is 12.2. The molecule has 1 heterocycles. The zero-order valence-corrected chi connectivity index (χ0v) is 7.88. The number of pyridine rings is 1. The number of carbonyl (C=O) groups is 1. The molecule has 6 heteroatoms. The number of hydrogen-bond donors (Lipinski definition) is 1.